The molecule has 1 amide bonds. The zero-order valence-corrected chi connectivity index (χ0v) is 14.4. The standard InChI is InChI=1S/C20H21N3O/c1-13-6-5-7-17(10-13)23-16(4)18(12-21-23)20(24)22-19-11-14(2)8-9-15(19)3/h5-12H,1-4H3,(H,22,24). The van der Waals surface area contributed by atoms with Gasteiger partial charge >= 0.3 is 0 Å². The molecule has 1 aromatic heterocycles. The molecule has 0 spiro atoms. The third-order valence-corrected chi connectivity index (χ3v) is 4.14. The molecule has 0 bridgehead atoms. The van der Waals surface area contributed by atoms with Gasteiger partial charge in [-0.2, -0.15) is 5.10 Å². The molecule has 0 radical (unpaired) electrons. The predicted molar refractivity (Wildman–Crippen MR) is 96.9 cm³/mol. The lowest BCUT2D eigenvalue weighted by Gasteiger charge is -2.10. The molecule has 0 aliphatic carbocycles. The van der Waals surface area contributed by atoms with Crippen LogP contribution in [0.3, 0.4) is 0 Å². The van der Waals surface area contributed by atoms with Crippen LogP contribution in [0.15, 0.2) is 48.7 Å². The van der Waals surface area contributed by atoms with Gasteiger partial charge in [0.1, 0.15) is 0 Å². The molecule has 3 rings (SSSR count). The van der Waals surface area contributed by atoms with E-state index < -0.39 is 0 Å². The van der Waals surface area contributed by atoms with Gasteiger partial charge in [-0.15, -0.1) is 0 Å². The summed E-state index contributed by atoms with van der Waals surface area (Å²) < 4.78 is 1.80. The second-order valence-electron chi connectivity index (χ2n) is 6.17. The zero-order valence-electron chi connectivity index (χ0n) is 14.4. The van der Waals surface area contributed by atoms with E-state index in [2.05, 4.69) is 10.4 Å². The number of nitrogens with one attached hydrogen (secondary N) is 1. The van der Waals surface area contributed by atoms with E-state index in [1.54, 1.807) is 10.9 Å². The number of carbonyl (C=O) groups is 1. The predicted octanol–water partition coefficient (Wildman–Crippen LogP) is 4.36. The van der Waals surface area contributed by atoms with Crippen LogP contribution in [0.25, 0.3) is 5.69 Å². The van der Waals surface area contributed by atoms with Crippen LogP contribution in [-0.2, 0) is 0 Å². The number of hydrogen-bond acceptors (Lipinski definition) is 2. The number of aryl methyl sites for hydroxylation is 3. The average molecular weight is 319 g/mol. The topological polar surface area (TPSA) is 46.9 Å². The summed E-state index contributed by atoms with van der Waals surface area (Å²) in [7, 11) is 0. The van der Waals surface area contributed by atoms with E-state index in [0.717, 1.165) is 33.8 Å². The molecule has 24 heavy (non-hydrogen) atoms. The molecule has 0 saturated heterocycles. The number of benzene rings is 2. The Morgan fingerprint density at radius 1 is 1.00 bits per heavy atom. The van der Waals surface area contributed by atoms with E-state index in [9.17, 15) is 4.79 Å². The molecule has 1 heterocycles. The van der Waals surface area contributed by atoms with Crippen molar-refractivity contribution in [3.63, 3.8) is 0 Å². The highest BCUT2D eigenvalue weighted by Gasteiger charge is 2.16. The van der Waals surface area contributed by atoms with Crippen LogP contribution in [0, 0.1) is 27.7 Å². The second kappa shape index (κ2) is 6.32. The summed E-state index contributed by atoms with van der Waals surface area (Å²) >= 11 is 0. The number of aromatic nitrogens is 2. The maximum Gasteiger partial charge on any atom is 0.259 e. The summed E-state index contributed by atoms with van der Waals surface area (Å²) in [6, 6.07) is 14.1. The van der Waals surface area contributed by atoms with Crippen LogP contribution in [-0.4, -0.2) is 15.7 Å². The first kappa shape index (κ1) is 16.0. The van der Waals surface area contributed by atoms with Crippen molar-refractivity contribution in [2.24, 2.45) is 0 Å². The number of rotatable bonds is 3. The van der Waals surface area contributed by atoms with Crippen molar-refractivity contribution in [3.05, 3.63) is 76.6 Å². The quantitative estimate of drug-likeness (QED) is 0.780. The molecule has 1 N–H and O–H groups in total. The third kappa shape index (κ3) is 3.08. The molecule has 0 aliphatic rings. The zero-order chi connectivity index (χ0) is 17.3. The molecule has 4 heteroatoms. The average Bonchev–Trinajstić information content (AvgIpc) is 2.92. The van der Waals surface area contributed by atoms with E-state index in [4.69, 9.17) is 0 Å². The fourth-order valence-corrected chi connectivity index (χ4v) is 2.71. The van der Waals surface area contributed by atoms with E-state index in [1.165, 1.54) is 0 Å². The lowest BCUT2D eigenvalue weighted by atomic mass is 10.1. The summed E-state index contributed by atoms with van der Waals surface area (Å²) in [6.07, 6.45) is 1.62. The maximum atomic E-state index is 12.6. The highest BCUT2D eigenvalue weighted by molar-refractivity contribution is 6.05. The SMILES string of the molecule is Cc1cccc(-n2ncc(C(=O)Nc3cc(C)ccc3C)c2C)c1. The number of anilines is 1. The molecular formula is C20H21N3O. The first-order chi connectivity index (χ1) is 11.5. The van der Waals surface area contributed by atoms with Crippen LogP contribution in [0.4, 0.5) is 5.69 Å². The van der Waals surface area contributed by atoms with Gasteiger partial charge in [-0.25, -0.2) is 4.68 Å². The summed E-state index contributed by atoms with van der Waals surface area (Å²) in [5.41, 5.74) is 6.51. The number of amides is 1. The number of hydrogen-bond donors (Lipinski definition) is 1. The van der Waals surface area contributed by atoms with Crippen LogP contribution in [0.1, 0.15) is 32.7 Å². The van der Waals surface area contributed by atoms with Crippen molar-refractivity contribution in [1.82, 2.24) is 9.78 Å². The highest BCUT2D eigenvalue weighted by Crippen LogP contribution is 2.20. The van der Waals surface area contributed by atoms with E-state index in [-0.39, 0.29) is 5.91 Å². The Labute approximate surface area is 142 Å². The largest absolute Gasteiger partial charge is 0.322 e. The minimum absolute atomic E-state index is 0.139. The van der Waals surface area contributed by atoms with Gasteiger partial charge in [-0.3, -0.25) is 4.79 Å². The molecule has 0 atom stereocenters. The van der Waals surface area contributed by atoms with Crippen LogP contribution in [0.5, 0.6) is 0 Å². The lowest BCUT2D eigenvalue weighted by molar-refractivity contribution is 0.102. The Hall–Kier alpha value is -2.88. The highest BCUT2D eigenvalue weighted by atomic mass is 16.1. The Morgan fingerprint density at radius 3 is 2.50 bits per heavy atom. The minimum atomic E-state index is -0.139. The first-order valence-corrected chi connectivity index (χ1v) is 7.96. The maximum absolute atomic E-state index is 12.6. The van der Waals surface area contributed by atoms with Crippen molar-refractivity contribution < 1.29 is 4.79 Å². The van der Waals surface area contributed by atoms with Crippen molar-refractivity contribution in [1.29, 1.82) is 0 Å². The summed E-state index contributed by atoms with van der Waals surface area (Å²) in [5.74, 6) is -0.139. The molecule has 0 saturated carbocycles. The summed E-state index contributed by atoms with van der Waals surface area (Å²) in [5, 5.41) is 7.38. The van der Waals surface area contributed by atoms with E-state index >= 15 is 0 Å². The molecule has 4 nitrogen and oxygen atoms in total. The van der Waals surface area contributed by atoms with Crippen LogP contribution < -0.4 is 5.32 Å². The van der Waals surface area contributed by atoms with Gasteiger partial charge < -0.3 is 5.32 Å². The van der Waals surface area contributed by atoms with Gasteiger partial charge in [0, 0.05) is 5.69 Å². The summed E-state index contributed by atoms with van der Waals surface area (Å²) in [6.45, 7) is 7.94. The molecule has 0 aliphatic heterocycles. The first-order valence-electron chi connectivity index (χ1n) is 7.96. The van der Waals surface area contributed by atoms with Gasteiger partial charge in [0.05, 0.1) is 23.1 Å². The molecule has 2 aromatic carbocycles. The van der Waals surface area contributed by atoms with E-state index in [1.807, 2.05) is 70.2 Å². The Morgan fingerprint density at radius 2 is 1.75 bits per heavy atom. The van der Waals surface area contributed by atoms with Gasteiger partial charge in [0.2, 0.25) is 0 Å². The van der Waals surface area contributed by atoms with Crippen LogP contribution in [0.2, 0.25) is 0 Å². The van der Waals surface area contributed by atoms with Crippen molar-refractivity contribution in [2.45, 2.75) is 27.7 Å². The Bertz CT molecular complexity index is 909. The summed E-state index contributed by atoms with van der Waals surface area (Å²) in [4.78, 5) is 12.6. The Balaban J connectivity index is 1.90. The minimum Gasteiger partial charge on any atom is -0.322 e. The number of carbonyl (C=O) groups excluding carboxylic acids is 1. The fraction of sp³-hybridized carbons (Fsp3) is 0.200. The second-order valence-corrected chi connectivity index (χ2v) is 6.17. The van der Waals surface area contributed by atoms with Gasteiger partial charge in [-0.05, 0) is 62.6 Å². The smallest absolute Gasteiger partial charge is 0.259 e. The normalized spacial score (nSPS) is 10.7. The third-order valence-electron chi connectivity index (χ3n) is 4.14. The Kier molecular flexibility index (Phi) is 4.21. The number of nitrogens with zero attached hydrogens (tertiary/aromatic N) is 2. The van der Waals surface area contributed by atoms with Crippen molar-refractivity contribution in [3.8, 4) is 5.69 Å². The van der Waals surface area contributed by atoms with Crippen molar-refractivity contribution in [2.75, 3.05) is 5.32 Å². The van der Waals surface area contributed by atoms with Gasteiger partial charge in [0.25, 0.3) is 5.91 Å². The fourth-order valence-electron chi connectivity index (χ4n) is 2.71. The molecule has 0 unspecified atom stereocenters. The molecule has 0 fully saturated rings. The monoisotopic (exact) mass is 319 g/mol. The lowest BCUT2D eigenvalue weighted by Crippen LogP contribution is -2.14. The van der Waals surface area contributed by atoms with Gasteiger partial charge in [0.15, 0.2) is 0 Å². The van der Waals surface area contributed by atoms with Gasteiger partial charge in [-0.1, -0.05) is 24.3 Å². The molecule has 3 aromatic rings. The van der Waals surface area contributed by atoms with Crippen molar-refractivity contribution >= 4 is 11.6 Å². The van der Waals surface area contributed by atoms with Crippen LogP contribution >= 0.6 is 0 Å². The van der Waals surface area contributed by atoms with E-state index in [0.29, 0.717) is 5.56 Å². The molecular weight excluding hydrogens is 298 g/mol. The molecule has 122 valence electrons.